The Labute approximate surface area is 154 Å². The summed E-state index contributed by atoms with van der Waals surface area (Å²) in [6, 6.07) is 4.87. The molecule has 136 valence electrons. The number of thioether (sulfide) groups is 1. The van der Waals surface area contributed by atoms with Gasteiger partial charge in [0.15, 0.2) is 5.65 Å². The number of hydrogen-bond donors (Lipinski definition) is 0. The molecule has 1 aromatic carbocycles. The van der Waals surface area contributed by atoms with Crippen LogP contribution in [0.2, 0.25) is 0 Å². The number of carbonyl (C=O) groups excluding carboxylic acids is 1. The van der Waals surface area contributed by atoms with E-state index >= 15 is 0 Å². The van der Waals surface area contributed by atoms with Gasteiger partial charge in [0.25, 0.3) is 0 Å². The molecule has 1 fully saturated rings. The minimum atomic E-state index is -0.313. The molecule has 0 spiro atoms. The molecule has 1 aliphatic heterocycles. The van der Waals surface area contributed by atoms with E-state index in [0.717, 1.165) is 24.9 Å². The molecule has 0 bridgehead atoms. The fourth-order valence-corrected chi connectivity index (χ4v) is 4.22. The lowest BCUT2D eigenvalue weighted by Gasteiger charge is -2.33. The number of piperidine rings is 1. The number of hydrogen-bond acceptors (Lipinski definition) is 5. The Balaban J connectivity index is 1.57. The van der Waals surface area contributed by atoms with Gasteiger partial charge in [-0.05, 0) is 44.4 Å². The number of amides is 1. The number of fused-ring (bicyclic) bond motifs is 3. The van der Waals surface area contributed by atoms with Crippen LogP contribution in [-0.2, 0) is 11.8 Å². The van der Waals surface area contributed by atoms with Crippen molar-refractivity contribution in [3.05, 3.63) is 24.0 Å². The maximum absolute atomic E-state index is 13.5. The molecule has 2 aromatic heterocycles. The zero-order valence-electron chi connectivity index (χ0n) is 14.8. The first-order chi connectivity index (χ1) is 12.5. The highest BCUT2D eigenvalue weighted by Gasteiger charge is 2.23. The van der Waals surface area contributed by atoms with Gasteiger partial charge in [0.1, 0.15) is 11.3 Å². The first kappa shape index (κ1) is 17.2. The van der Waals surface area contributed by atoms with Gasteiger partial charge in [0.2, 0.25) is 11.1 Å². The fraction of sp³-hybridized carbons (Fsp3) is 0.444. The van der Waals surface area contributed by atoms with Gasteiger partial charge in [0.05, 0.1) is 11.3 Å². The van der Waals surface area contributed by atoms with Gasteiger partial charge < -0.3 is 9.47 Å². The molecule has 0 aliphatic carbocycles. The Morgan fingerprint density at radius 3 is 3.00 bits per heavy atom. The molecule has 0 radical (unpaired) electrons. The lowest BCUT2D eigenvalue weighted by molar-refractivity contribution is -0.131. The summed E-state index contributed by atoms with van der Waals surface area (Å²) < 4.78 is 15.4. The number of aromatic nitrogens is 4. The summed E-state index contributed by atoms with van der Waals surface area (Å²) in [6.07, 6.45) is 3.31. The Kier molecular flexibility index (Phi) is 4.52. The molecule has 4 rings (SSSR count). The van der Waals surface area contributed by atoms with Gasteiger partial charge in [-0.3, -0.25) is 4.79 Å². The quantitative estimate of drug-likeness (QED) is 0.660. The third-order valence-electron chi connectivity index (χ3n) is 4.99. The van der Waals surface area contributed by atoms with Crippen LogP contribution in [-0.4, -0.2) is 48.9 Å². The number of aryl methyl sites for hydroxylation is 1. The molecule has 1 unspecified atom stereocenters. The highest BCUT2D eigenvalue weighted by atomic mass is 32.2. The number of nitrogens with zero attached hydrogens (tertiary/aromatic N) is 5. The third kappa shape index (κ3) is 3.02. The van der Waals surface area contributed by atoms with E-state index in [-0.39, 0.29) is 11.7 Å². The van der Waals surface area contributed by atoms with Crippen molar-refractivity contribution in [2.45, 2.75) is 37.4 Å². The zero-order chi connectivity index (χ0) is 18.3. The van der Waals surface area contributed by atoms with Crippen LogP contribution < -0.4 is 0 Å². The summed E-state index contributed by atoms with van der Waals surface area (Å²) in [5.74, 6) is 0.104. The van der Waals surface area contributed by atoms with Crippen molar-refractivity contribution in [2.75, 3.05) is 12.3 Å². The van der Waals surface area contributed by atoms with Crippen molar-refractivity contribution in [1.82, 2.24) is 24.6 Å². The van der Waals surface area contributed by atoms with Gasteiger partial charge in [0, 0.05) is 25.0 Å². The normalized spacial score (nSPS) is 18.0. The van der Waals surface area contributed by atoms with Gasteiger partial charge in [-0.2, -0.15) is 0 Å². The second kappa shape index (κ2) is 6.83. The molecule has 6 nitrogen and oxygen atoms in total. The Hall–Kier alpha value is -2.22. The molecular weight excluding hydrogens is 353 g/mol. The van der Waals surface area contributed by atoms with Crippen LogP contribution in [0, 0.1) is 5.82 Å². The molecule has 1 aliphatic rings. The number of halogens is 1. The summed E-state index contributed by atoms with van der Waals surface area (Å²) in [7, 11) is 1.87. The molecular formula is C18H20FN5OS. The van der Waals surface area contributed by atoms with Crippen LogP contribution in [0.15, 0.2) is 23.4 Å². The topological polar surface area (TPSA) is 63.9 Å². The van der Waals surface area contributed by atoms with Crippen molar-refractivity contribution in [2.24, 2.45) is 7.05 Å². The van der Waals surface area contributed by atoms with Crippen LogP contribution in [0.1, 0.15) is 26.2 Å². The highest BCUT2D eigenvalue weighted by Crippen LogP contribution is 2.27. The highest BCUT2D eigenvalue weighted by molar-refractivity contribution is 7.99. The molecule has 1 amide bonds. The van der Waals surface area contributed by atoms with Crippen molar-refractivity contribution in [3.63, 3.8) is 0 Å². The van der Waals surface area contributed by atoms with E-state index in [4.69, 9.17) is 0 Å². The van der Waals surface area contributed by atoms with Crippen molar-refractivity contribution in [1.29, 1.82) is 0 Å². The largest absolute Gasteiger partial charge is 0.339 e. The van der Waals surface area contributed by atoms with Gasteiger partial charge in [-0.1, -0.05) is 11.8 Å². The van der Waals surface area contributed by atoms with E-state index < -0.39 is 0 Å². The SMILES string of the molecule is CC1CCCCN1C(=O)CSc1nnc2c3cc(F)ccc3n(C)c2n1. The monoisotopic (exact) mass is 373 g/mol. The fourth-order valence-electron chi connectivity index (χ4n) is 3.56. The Bertz CT molecular complexity index is 989. The summed E-state index contributed by atoms with van der Waals surface area (Å²) in [6.45, 7) is 2.92. The van der Waals surface area contributed by atoms with Crippen LogP contribution in [0.4, 0.5) is 4.39 Å². The summed E-state index contributed by atoms with van der Waals surface area (Å²) in [5.41, 5.74) is 2.06. The van der Waals surface area contributed by atoms with Crippen LogP contribution in [0.3, 0.4) is 0 Å². The second-order valence-electron chi connectivity index (χ2n) is 6.71. The molecule has 0 saturated carbocycles. The van der Waals surface area contributed by atoms with Crippen molar-refractivity contribution < 1.29 is 9.18 Å². The van der Waals surface area contributed by atoms with Crippen LogP contribution in [0.5, 0.6) is 0 Å². The summed E-state index contributed by atoms with van der Waals surface area (Å²) in [5, 5.41) is 9.51. The van der Waals surface area contributed by atoms with Gasteiger partial charge in [-0.25, -0.2) is 9.37 Å². The minimum Gasteiger partial charge on any atom is -0.339 e. The molecule has 1 saturated heterocycles. The second-order valence-corrected chi connectivity index (χ2v) is 7.65. The number of likely N-dealkylation sites (tertiary alicyclic amines) is 1. The molecule has 1 atom stereocenters. The minimum absolute atomic E-state index is 0.116. The third-order valence-corrected chi connectivity index (χ3v) is 5.81. The Morgan fingerprint density at radius 2 is 2.19 bits per heavy atom. The predicted octanol–water partition coefficient (Wildman–Crippen LogP) is 3.15. The lowest BCUT2D eigenvalue weighted by atomic mass is 10.0. The summed E-state index contributed by atoms with van der Waals surface area (Å²) >= 11 is 1.30. The average molecular weight is 373 g/mol. The maximum Gasteiger partial charge on any atom is 0.233 e. The molecule has 0 N–H and O–H groups in total. The number of benzene rings is 1. The van der Waals surface area contributed by atoms with Crippen molar-refractivity contribution in [3.8, 4) is 0 Å². The van der Waals surface area contributed by atoms with E-state index in [1.807, 2.05) is 16.5 Å². The maximum atomic E-state index is 13.5. The first-order valence-electron chi connectivity index (χ1n) is 8.75. The zero-order valence-corrected chi connectivity index (χ0v) is 15.6. The Morgan fingerprint density at radius 1 is 1.35 bits per heavy atom. The van der Waals surface area contributed by atoms with E-state index in [2.05, 4.69) is 22.1 Å². The van der Waals surface area contributed by atoms with E-state index in [1.54, 1.807) is 6.07 Å². The molecule has 26 heavy (non-hydrogen) atoms. The lowest BCUT2D eigenvalue weighted by Crippen LogP contribution is -2.42. The van der Waals surface area contributed by atoms with Gasteiger partial charge >= 0.3 is 0 Å². The molecule has 3 aromatic rings. The van der Waals surface area contributed by atoms with Crippen LogP contribution >= 0.6 is 11.8 Å². The first-order valence-corrected chi connectivity index (χ1v) is 9.74. The molecule has 3 heterocycles. The van der Waals surface area contributed by atoms with E-state index in [0.29, 0.717) is 33.5 Å². The molecule has 8 heteroatoms. The average Bonchev–Trinajstić information content (AvgIpc) is 2.91. The van der Waals surface area contributed by atoms with E-state index in [9.17, 15) is 9.18 Å². The smallest absolute Gasteiger partial charge is 0.233 e. The van der Waals surface area contributed by atoms with Crippen molar-refractivity contribution >= 4 is 39.7 Å². The predicted molar refractivity (Wildman–Crippen MR) is 99.5 cm³/mol. The summed E-state index contributed by atoms with van der Waals surface area (Å²) in [4.78, 5) is 19.0. The standard InChI is InChI=1S/C18H20FN5OS/c1-11-5-3-4-8-24(11)15(25)10-26-18-20-17-16(21-22-18)13-9-12(19)6-7-14(13)23(17)2/h6-7,9,11H,3-5,8,10H2,1-2H3. The number of rotatable bonds is 3. The number of carbonyl (C=O) groups is 1. The van der Waals surface area contributed by atoms with Crippen LogP contribution in [0.25, 0.3) is 22.1 Å². The van der Waals surface area contributed by atoms with E-state index in [1.165, 1.54) is 30.3 Å². The van der Waals surface area contributed by atoms with Gasteiger partial charge in [-0.15, -0.1) is 10.2 Å².